The van der Waals surface area contributed by atoms with Crippen LogP contribution in [0, 0.1) is 11.7 Å². The Morgan fingerprint density at radius 2 is 1.74 bits per heavy atom. The lowest BCUT2D eigenvalue weighted by atomic mass is 10.1. The second kappa shape index (κ2) is 9.98. The third-order valence-electron chi connectivity index (χ3n) is 6.14. The van der Waals surface area contributed by atoms with Gasteiger partial charge in [-0.05, 0) is 60.1 Å². The van der Waals surface area contributed by atoms with Crippen LogP contribution >= 0.6 is 12.2 Å². The molecule has 0 spiro atoms. The second-order valence-electron chi connectivity index (χ2n) is 8.74. The molecule has 0 aliphatic carbocycles. The van der Waals surface area contributed by atoms with Gasteiger partial charge in [0.05, 0.1) is 11.1 Å². The van der Waals surface area contributed by atoms with Crippen LogP contribution in [0.2, 0.25) is 0 Å². The van der Waals surface area contributed by atoms with Crippen molar-refractivity contribution in [2.75, 3.05) is 0 Å². The molecular formula is C25H21N7O6S. The van der Waals surface area contributed by atoms with Crippen molar-refractivity contribution < 1.29 is 23.9 Å². The highest BCUT2D eigenvalue weighted by molar-refractivity contribution is 7.71. The smallest absolute Gasteiger partial charge is 0.419 e. The lowest BCUT2D eigenvalue weighted by Gasteiger charge is -2.10. The lowest BCUT2D eigenvalue weighted by Crippen LogP contribution is -2.28. The average molecular weight is 548 g/mol. The number of nitrogens with zero attached hydrogens (tertiary/aromatic N) is 4. The van der Waals surface area contributed by atoms with Gasteiger partial charge in [-0.25, -0.2) is 24.1 Å². The molecule has 0 fully saturated rings. The van der Waals surface area contributed by atoms with Crippen molar-refractivity contribution >= 4 is 46.9 Å². The van der Waals surface area contributed by atoms with E-state index in [9.17, 15) is 24.3 Å². The minimum atomic E-state index is -1.03. The van der Waals surface area contributed by atoms with Gasteiger partial charge in [0.25, 0.3) is 17.6 Å². The quantitative estimate of drug-likeness (QED) is 0.222. The highest BCUT2D eigenvalue weighted by atomic mass is 32.1. The molecule has 0 saturated carbocycles. The Morgan fingerprint density at radius 1 is 1.05 bits per heavy atom. The number of carbonyl (C=O) groups is 3. The van der Waals surface area contributed by atoms with E-state index in [1.54, 1.807) is 44.3 Å². The molecule has 0 aliphatic heterocycles. The number of aryl methyl sites for hydroxylation is 2. The molecule has 0 bridgehead atoms. The standard InChI is InChI=1S/C25H21N7O6S/c1-12-7-13(3-5-15(12)22(35)36)10-27-21(34)18-9-16(28-23-29-30-24(39)32(18)23)20(33)26-11-14-4-6-19-17(8-14)31(2)25(37)38-19/h3-9H,10-11H2,1-2H3,(H,26,33)(H,27,34)(H,30,39)(H,35,36). The first-order chi connectivity index (χ1) is 18.6. The number of hydrogen-bond acceptors (Lipinski definition) is 8. The Morgan fingerprint density at radius 3 is 2.46 bits per heavy atom. The molecule has 3 aromatic heterocycles. The van der Waals surface area contributed by atoms with Gasteiger partial charge in [0.1, 0.15) is 11.4 Å². The largest absolute Gasteiger partial charge is 0.478 e. The molecule has 14 heteroatoms. The van der Waals surface area contributed by atoms with Crippen molar-refractivity contribution in [2.45, 2.75) is 20.0 Å². The van der Waals surface area contributed by atoms with Crippen LogP contribution in [0.25, 0.3) is 16.9 Å². The molecule has 0 saturated heterocycles. The summed E-state index contributed by atoms with van der Waals surface area (Å²) in [6.45, 7) is 1.90. The fraction of sp³-hybridized carbons (Fsp3) is 0.160. The van der Waals surface area contributed by atoms with E-state index in [1.807, 2.05) is 0 Å². The molecule has 2 aromatic carbocycles. The van der Waals surface area contributed by atoms with Crippen LogP contribution in [0.5, 0.6) is 0 Å². The summed E-state index contributed by atoms with van der Waals surface area (Å²) in [4.78, 5) is 53.3. The monoisotopic (exact) mass is 547 g/mol. The van der Waals surface area contributed by atoms with Gasteiger partial charge in [-0.15, -0.1) is 5.10 Å². The molecule has 0 unspecified atom stereocenters. The summed E-state index contributed by atoms with van der Waals surface area (Å²) in [7, 11) is 1.59. The van der Waals surface area contributed by atoms with Crippen LogP contribution in [0.4, 0.5) is 0 Å². The van der Waals surface area contributed by atoms with Gasteiger partial charge < -0.3 is 20.2 Å². The Balaban J connectivity index is 1.36. The van der Waals surface area contributed by atoms with E-state index in [4.69, 9.17) is 16.6 Å². The molecular weight excluding hydrogens is 526 g/mol. The summed E-state index contributed by atoms with van der Waals surface area (Å²) in [5.74, 6) is -2.58. The van der Waals surface area contributed by atoms with E-state index in [-0.39, 0.29) is 40.6 Å². The summed E-state index contributed by atoms with van der Waals surface area (Å²) in [6, 6.07) is 11.2. The number of carboxylic acid groups (broad SMARTS) is 1. The number of nitrogens with one attached hydrogen (secondary N) is 3. The normalized spacial score (nSPS) is 11.1. The van der Waals surface area contributed by atoms with E-state index in [1.165, 1.54) is 21.1 Å². The third kappa shape index (κ3) is 4.92. The molecule has 2 amide bonds. The lowest BCUT2D eigenvalue weighted by molar-refractivity contribution is 0.0695. The molecule has 39 heavy (non-hydrogen) atoms. The maximum atomic E-state index is 13.1. The van der Waals surface area contributed by atoms with Crippen LogP contribution in [0.3, 0.4) is 0 Å². The number of aromatic carboxylic acids is 1. The van der Waals surface area contributed by atoms with Crippen LogP contribution in [0.1, 0.15) is 48.0 Å². The van der Waals surface area contributed by atoms with Gasteiger partial charge in [-0.3, -0.25) is 14.2 Å². The van der Waals surface area contributed by atoms with E-state index < -0.39 is 23.5 Å². The highest BCUT2D eigenvalue weighted by Crippen LogP contribution is 2.15. The number of hydrogen-bond donors (Lipinski definition) is 4. The predicted octanol–water partition coefficient (Wildman–Crippen LogP) is 2.10. The number of aromatic amines is 1. The van der Waals surface area contributed by atoms with Gasteiger partial charge in [0.2, 0.25) is 4.77 Å². The zero-order valence-electron chi connectivity index (χ0n) is 20.6. The molecule has 198 valence electrons. The third-order valence-corrected chi connectivity index (χ3v) is 6.41. The summed E-state index contributed by atoms with van der Waals surface area (Å²) >= 11 is 5.24. The molecule has 5 aromatic rings. The predicted molar refractivity (Wildman–Crippen MR) is 140 cm³/mol. The van der Waals surface area contributed by atoms with Crippen molar-refractivity contribution in [2.24, 2.45) is 7.05 Å². The van der Waals surface area contributed by atoms with E-state index in [2.05, 4.69) is 25.8 Å². The molecule has 0 atom stereocenters. The maximum absolute atomic E-state index is 13.1. The number of fused-ring (bicyclic) bond motifs is 2. The summed E-state index contributed by atoms with van der Waals surface area (Å²) < 4.78 is 7.92. The first-order valence-corrected chi connectivity index (χ1v) is 12.0. The van der Waals surface area contributed by atoms with Crippen molar-refractivity contribution in [1.82, 2.24) is 34.8 Å². The number of H-pyrrole nitrogens is 1. The highest BCUT2D eigenvalue weighted by Gasteiger charge is 2.19. The number of oxazole rings is 1. The number of carbonyl (C=O) groups excluding carboxylic acids is 2. The Labute approximate surface area is 224 Å². The maximum Gasteiger partial charge on any atom is 0.419 e. The van der Waals surface area contributed by atoms with Gasteiger partial charge in [-0.1, -0.05) is 18.2 Å². The molecule has 13 nitrogen and oxygen atoms in total. The zero-order valence-corrected chi connectivity index (χ0v) is 21.5. The number of amides is 2. The van der Waals surface area contributed by atoms with E-state index in [0.717, 1.165) is 5.56 Å². The molecule has 5 rings (SSSR count). The first kappa shape index (κ1) is 25.5. The Bertz CT molecular complexity index is 1920. The van der Waals surface area contributed by atoms with Crippen LogP contribution in [0.15, 0.2) is 51.7 Å². The second-order valence-corrected chi connectivity index (χ2v) is 9.13. The number of carboxylic acids is 1. The van der Waals surface area contributed by atoms with Crippen LogP contribution in [-0.4, -0.2) is 47.0 Å². The summed E-state index contributed by atoms with van der Waals surface area (Å²) in [6.07, 6.45) is 0. The van der Waals surface area contributed by atoms with Crippen LogP contribution in [-0.2, 0) is 20.1 Å². The Kier molecular flexibility index (Phi) is 6.54. The van der Waals surface area contributed by atoms with E-state index in [0.29, 0.717) is 22.2 Å². The molecule has 3 heterocycles. The topological polar surface area (TPSA) is 177 Å². The van der Waals surface area contributed by atoms with Crippen molar-refractivity contribution in [3.8, 4) is 0 Å². The average Bonchev–Trinajstić information content (AvgIpc) is 3.43. The SMILES string of the molecule is Cc1cc(CNC(=O)c2cc(C(=O)NCc3ccc4oc(=O)n(C)c4c3)nc3n[nH]c(=S)n23)ccc1C(=O)O. The minimum absolute atomic E-state index is 0.0364. The fourth-order valence-electron chi connectivity index (χ4n) is 4.10. The molecule has 0 aliphatic rings. The van der Waals surface area contributed by atoms with Gasteiger partial charge in [-0.2, -0.15) is 0 Å². The Hall–Kier alpha value is -5.11. The van der Waals surface area contributed by atoms with Gasteiger partial charge in [0.15, 0.2) is 5.58 Å². The van der Waals surface area contributed by atoms with Crippen molar-refractivity contribution in [3.05, 3.63) is 91.4 Å². The summed E-state index contributed by atoms with van der Waals surface area (Å²) in [5, 5.41) is 21.3. The van der Waals surface area contributed by atoms with Gasteiger partial charge in [0, 0.05) is 20.1 Å². The minimum Gasteiger partial charge on any atom is -0.478 e. The number of rotatable bonds is 7. The molecule has 0 radical (unpaired) electrons. The van der Waals surface area contributed by atoms with Crippen molar-refractivity contribution in [3.63, 3.8) is 0 Å². The molecule has 4 N–H and O–H groups in total. The number of aromatic nitrogens is 5. The fourth-order valence-corrected chi connectivity index (χ4v) is 4.33. The first-order valence-electron chi connectivity index (χ1n) is 11.6. The number of benzene rings is 2. The van der Waals surface area contributed by atoms with Gasteiger partial charge >= 0.3 is 11.7 Å². The zero-order chi connectivity index (χ0) is 27.8. The van der Waals surface area contributed by atoms with Crippen LogP contribution < -0.4 is 16.4 Å². The van der Waals surface area contributed by atoms with Crippen molar-refractivity contribution in [1.29, 1.82) is 0 Å². The van der Waals surface area contributed by atoms with E-state index >= 15 is 0 Å². The summed E-state index contributed by atoms with van der Waals surface area (Å²) in [5.41, 5.74) is 3.15.